The van der Waals surface area contributed by atoms with Gasteiger partial charge in [-0.1, -0.05) is 31.9 Å². The maximum absolute atomic E-state index is 12.9. The van der Waals surface area contributed by atoms with E-state index in [1.807, 2.05) is 0 Å². The van der Waals surface area contributed by atoms with Crippen molar-refractivity contribution in [1.82, 2.24) is 0 Å². The topological polar surface area (TPSA) is 55.1 Å². The van der Waals surface area contributed by atoms with E-state index in [9.17, 15) is 13.6 Å². The molecule has 3 N–H and O–H groups in total. The summed E-state index contributed by atoms with van der Waals surface area (Å²) in [6, 6.07) is 8.81. The van der Waals surface area contributed by atoms with E-state index in [0.29, 0.717) is 0 Å². The van der Waals surface area contributed by atoms with Crippen molar-refractivity contribution >= 4 is 49.1 Å². The van der Waals surface area contributed by atoms with Gasteiger partial charge in [-0.15, -0.1) is 0 Å². The number of hydrogen-bond donors (Lipinski definition) is 2. The number of nitrogen functional groups attached to an aromatic ring is 1. The summed E-state index contributed by atoms with van der Waals surface area (Å²) in [6.45, 7) is 1.33. The van der Waals surface area contributed by atoms with Gasteiger partial charge in [-0.2, -0.15) is 0 Å². The quantitative estimate of drug-likeness (QED) is 0.654. The van der Waals surface area contributed by atoms with Gasteiger partial charge in [0.05, 0.1) is 11.4 Å². The van der Waals surface area contributed by atoms with Crippen molar-refractivity contribution in [2.45, 2.75) is 6.92 Å². The highest BCUT2D eigenvalue weighted by Crippen LogP contribution is 2.19. The van der Waals surface area contributed by atoms with E-state index in [2.05, 4.69) is 37.2 Å². The van der Waals surface area contributed by atoms with E-state index in [0.717, 1.165) is 8.95 Å². The van der Waals surface area contributed by atoms with Crippen LogP contribution in [-0.4, -0.2) is 5.91 Å². The second-order valence-electron chi connectivity index (χ2n) is 3.97. The first-order valence-corrected chi connectivity index (χ1v) is 7.31. The third kappa shape index (κ3) is 6.22. The highest BCUT2D eigenvalue weighted by molar-refractivity contribution is 9.10. The molecule has 112 valence electrons. The van der Waals surface area contributed by atoms with Crippen molar-refractivity contribution < 1.29 is 13.6 Å². The molecular formula is C14H12Br2F2N2O. The predicted octanol–water partition coefficient (Wildman–Crippen LogP) is 4.72. The van der Waals surface area contributed by atoms with Gasteiger partial charge in [-0.25, -0.2) is 8.78 Å². The number of benzene rings is 2. The number of nitrogens with two attached hydrogens (primary N) is 1. The lowest BCUT2D eigenvalue weighted by Gasteiger charge is -2.03. The standard InChI is InChI=1S/C8H7BrFNO.C6H5BrFN/c1-5(12)11-8-4-6(9)2-3-7(8)10;7-4-1-2-5(8)6(9)3-4/h2-4H,1H3,(H,11,12);1-3H,9H2. The Morgan fingerprint density at radius 3 is 2.05 bits per heavy atom. The average Bonchev–Trinajstić information content (AvgIpc) is 2.39. The largest absolute Gasteiger partial charge is 0.396 e. The van der Waals surface area contributed by atoms with E-state index in [-0.39, 0.29) is 23.1 Å². The molecule has 7 heteroatoms. The summed E-state index contributed by atoms with van der Waals surface area (Å²) in [6.07, 6.45) is 0. The van der Waals surface area contributed by atoms with Gasteiger partial charge >= 0.3 is 0 Å². The summed E-state index contributed by atoms with van der Waals surface area (Å²) >= 11 is 6.32. The molecule has 0 unspecified atom stereocenters. The molecule has 0 aliphatic carbocycles. The zero-order valence-corrected chi connectivity index (χ0v) is 14.1. The molecule has 0 saturated carbocycles. The molecular weight excluding hydrogens is 410 g/mol. The highest BCUT2D eigenvalue weighted by Gasteiger charge is 2.02. The fraction of sp³-hybridized carbons (Fsp3) is 0.0714. The third-order valence-corrected chi connectivity index (χ3v) is 3.18. The van der Waals surface area contributed by atoms with Crippen molar-refractivity contribution in [1.29, 1.82) is 0 Å². The van der Waals surface area contributed by atoms with Crippen molar-refractivity contribution in [3.63, 3.8) is 0 Å². The van der Waals surface area contributed by atoms with Crippen LogP contribution in [0.25, 0.3) is 0 Å². The Hall–Kier alpha value is -1.47. The SMILES string of the molecule is CC(=O)Nc1cc(Br)ccc1F.Nc1cc(Br)ccc1F. The van der Waals surface area contributed by atoms with E-state index in [4.69, 9.17) is 5.73 Å². The molecule has 0 fully saturated rings. The lowest BCUT2D eigenvalue weighted by atomic mass is 10.3. The van der Waals surface area contributed by atoms with Crippen molar-refractivity contribution in [2.24, 2.45) is 0 Å². The molecule has 0 saturated heterocycles. The fourth-order valence-corrected chi connectivity index (χ4v) is 2.04. The lowest BCUT2D eigenvalue weighted by Crippen LogP contribution is -2.07. The molecule has 0 heterocycles. The molecule has 0 aliphatic rings. The summed E-state index contributed by atoms with van der Waals surface area (Å²) < 4.78 is 26.8. The Labute approximate surface area is 137 Å². The van der Waals surface area contributed by atoms with Crippen LogP contribution in [0.2, 0.25) is 0 Å². The van der Waals surface area contributed by atoms with Crippen molar-refractivity contribution in [3.8, 4) is 0 Å². The van der Waals surface area contributed by atoms with Crippen LogP contribution in [0.1, 0.15) is 6.92 Å². The Kier molecular flexibility index (Phi) is 6.77. The minimum Gasteiger partial charge on any atom is -0.396 e. The normalized spacial score (nSPS) is 9.57. The molecule has 2 aromatic carbocycles. The number of carbonyl (C=O) groups excluding carboxylic acids is 1. The number of rotatable bonds is 1. The van der Waals surface area contributed by atoms with Crippen LogP contribution in [0, 0.1) is 11.6 Å². The molecule has 0 aliphatic heterocycles. The Morgan fingerprint density at radius 1 is 1.05 bits per heavy atom. The molecule has 0 atom stereocenters. The first-order valence-electron chi connectivity index (χ1n) is 5.72. The first kappa shape index (κ1) is 17.6. The van der Waals surface area contributed by atoms with Crippen LogP contribution in [0.5, 0.6) is 0 Å². The van der Waals surface area contributed by atoms with Crippen molar-refractivity contribution in [3.05, 3.63) is 57.0 Å². The number of nitrogens with one attached hydrogen (secondary N) is 1. The predicted molar refractivity (Wildman–Crippen MR) is 86.9 cm³/mol. The van der Waals surface area contributed by atoms with Gasteiger partial charge in [0.15, 0.2) is 0 Å². The van der Waals surface area contributed by atoms with E-state index in [1.54, 1.807) is 12.1 Å². The van der Waals surface area contributed by atoms with E-state index in [1.165, 1.54) is 31.2 Å². The van der Waals surface area contributed by atoms with Gasteiger partial charge < -0.3 is 11.1 Å². The zero-order valence-electron chi connectivity index (χ0n) is 11.0. The van der Waals surface area contributed by atoms with Crippen LogP contribution < -0.4 is 11.1 Å². The molecule has 0 aromatic heterocycles. The Bertz CT molecular complexity index is 651. The summed E-state index contributed by atoms with van der Waals surface area (Å²) in [5.74, 6) is -1.10. The van der Waals surface area contributed by atoms with Gasteiger partial charge in [0, 0.05) is 15.9 Å². The number of hydrogen-bond acceptors (Lipinski definition) is 2. The number of carbonyl (C=O) groups is 1. The first-order chi connectivity index (χ1) is 9.79. The van der Waals surface area contributed by atoms with Gasteiger partial charge in [0.2, 0.25) is 5.91 Å². The summed E-state index contributed by atoms with van der Waals surface area (Å²) in [7, 11) is 0. The average molecular weight is 422 g/mol. The molecule has 0 spiro atoms. The van der Waals surface area contributed by atoms with Crippen LogP contribution in [0.3, 0.4) is 0 Å². The zero-order chi connectivity index (χ0) is 16.0. The summed E-state index contributed by atoms with van der Waals surface area (Å²) in [5.41, 5.74) is 5.58. The molecule has 2 rings (SSSR count). The molecule has 2 aromatic rings. The van der Waals surface area contributed by atoms with Crippen LogP contribution in [-0.2, 0) is 4.79 Å². The van der Waals surface area contributed by atoms with Gasteiger partial charge in [0.1, 0.15) is 11.6 Å². The van der Waals surface area contributed by atoms with Crippen LogP contribution >= 0.6 is 31.9 Å². The second kappa shape index (κ2) is 8.09. The smallest absolute Gasteiger partial charge is 0.221 e. The molecule has 21 heavy (non-hydrogen) atoms. The minimum atomic E-state index is -0.437. The van der Waals surface area contributed by atoms with Gasteiger partial charge in [-0.05, 0) is 36.4 Å². The molecule has 3 nitrogen and oxygen atoms in total. The Balaban J connectivity index is 0.000000219. The number of halogens is 4. The summed E-state index contributed by atoms with van der Waals surface area (Å²) in [5, 5.41) is 2.37. The maximum atomic E-state index is 12.9. The fourth-order valence-electron chi connectivity index (χ4n) is 1.30. The van der Waals surface area contributed by atoms with Crippen molar-refractivity contribution in [2.75, 3.05) is 11.1 Å². The highest BCUT2D eigenvalue weighted by atomic mass is 79.9. The maximum Gasteiger partial charge on any atom is 0.221 e. The van der Waals surface area contributed by atoms with E-state index >= 15 is 0 Å². The summed E-state index contributed by atoms with van der Waals surface area (Å²) in [4.78, 5) is 10.6. The third-order valence-electron chi connectivity index (χ3n) is 2.20. The lowest BCUT2D eigenvalue weighted by molar-refractivity contribution is -0.114. The van der Waals surface area contributed by atoms with E-state index < -0.39 is 5.82 Å². The number of amides is 1. The molecule has 0 bridgehead atoms. The van der Waals surface area contributed by atoms with Gasteiger partial charge in [-0.3, -0.25) is 4.79 Å². The number of anilines is 2. The Morgan fingerprint density at radius 2 is 1.57 bits per heavy atom. The van der Waals surface area contributed by atoms with Gasteiger partial charge in [0.25, 0.3) is 0 Å². The molecule has 0 radical (unpaired) electrons. The van der Waals surface area contributed by atoms with Crippen LogP contribution in [0.4, 0.5) is 20.2 Å². The second-order valence-corrected chi connectivity index (χ2v) is 5.80. The molecule has 1 amide bonds. The monoisotopic (exact) mass is 420 g/mol. The minimum absolute atomic E-state index is 0.171. The van der Waals surface area contributed by atoms with Crippen LogP contribution in [0.15, 0.2) is 45.3 Å².